The minimum absolute atomic E-state index is 0.123. The molecule has 0 aliphatic rings. The van der Waals surface area contributed by atoms with Crippen LogP contribution in [0.1, 0.15) is 47.6 Å². The molecule has 0 atom stereocenters. The number of aryl methyl sites for hydroxylation is 2. The average molecular weight is 292 g/mol. The Morgan fingerprint density at radius 2 is 1.95 bits per heavy atom. The van der Waals surface area contributed by atoms with Crippen molar-refractivity contribution in [2.24, 2.45) is 0 Å². The van der Waals surface area contributed by atoms with Crippen LogP contribution in [0.4, 0.5) is 0 Å². The fourth-order valence-electron chi connectivity index (χ4n) is 1.91. The summed E-state index contributed by atoms with van der Waals surface area (Å²) in [7, 11) is 0. The highest BCUT2D eigenvalue weighted by atomic mass is 32.1. The molecule has 2 rings (SSSR count). The zero-order valence-corrected chi connectivity index (χ0v) is 14.1. The second-order valence-corrected chi connectivity index (χ2v) is 7.55. The summed E-state index contributed by atoms with van der Waals surface area (Å²) in [4.78, 5) is 5.87. The number of hydrogen-bond donors (Lipinski definition) is 1. The zero-order valence-electron chi connectivity index (χ0n) is 13.2. The first-order chi connectivity index (χ1) is 9.26. The molecule has 0 unspecified atom stereocenters. The average Bonchev–Trinajstić information content (AvgIpc) is 2.82. The van der Waals surface area contributed by atoms with Crippen molar-refractivity contribution in [3.63, 3.8) is 0 Å². The molecule has 0 spiro atoms. The monoisotopic (exact) mass is 292 g/mol. The van der Waals surface area contributed by atoms with Crippen LogP contribution in [0.15, 0.2) is 6.20 Å². The van der Waals surface area contributed by atoms with Crippen molar-refractivity contribution in [2.45, 2.75) is 60.2 Å². The molecule has 0 fully saturated rings. The van der Waals surface area contributed by atoms with Crippen molar-refractivity contribution in [3.05, 3.63) is 33.0 Å². The van der Waals surface area contributed by atoms with Gasteiger partial charge in [0.25, 0.3) is 0 Å². The number of aromatic nitrogens is 3. The molecule has 0 saturated carbocycles. The molecule has 4 nitrogen and oxygen atoms in total. The molecule has 2 aromatic heterocycles. The van der Waals surface area contributed by atoms with Crippen LogP contribution in [0.25, 0.3) is 0 Å². The van der Waals surface area contributed by atoms with Gasteiger partial charge in [-0.3, -0.25) is 4.68 Å². The van der Waals surface area contributed by atoms with Crippen LogP contribution in [-0.2, 0) is 13.1 Å². The third-order valence-corrected chi connectivity index (χ3v) is 4.43. The summed E-state index contributed by atoms with van der Waals surface area (Å²) in [6.07, 6.45) is 1.96. The quantitative estimate of drug-likeness (QED) is 0.941. The molecule has 2 heterocycles. The van der Waals surface area contributed by atoms with Crippen molar-refractivity contribution in [1.82, 2.24) is 20.1 Å². The second kappa shape index (κ2) is 5.66. The van der Waals surface area contributed by atoms with Crippen LogP contribution in [0.3, 0.4) is 0 Å². The Hall–Kier alpha value is -1.20. The molecular weight excluding hydrogens is 268 g/mol. The molecule has 110 valence electrons. The summed E-state index contributed by atoms with van der Waals surface area (Å²) in [6.45, 7) is 14.4. The predicted molar refractivity (Wildman–Crippen MR) is 84.2 cm³/mol. The lowest BCUT2D eigenvalue weighted by atomic mass is 10.1. The number of rotatable bonds is 4. The van der Waals surface area contributed by atoms with Gasteiger partial charge in [0.1, 0.15) is 5.01 Å². The van der Waals surface area contributed by atoms with Crippen LogP contribution in [0, 0.1) is 20.8 Å². The summed E-state index contributed by atoms with van der Waals surface area (Å²) in [5, 5.41) is 9.12. The minimum Gasteiger partial charge on any atom is -0.308 e. The first kappa shape index (κ1) is 15.2. The lowest BCUT2D eigenvalue weighted by Gasteiger charge is -2.20. The number of hydrogen-bond acceptors (Lipinski definition) is 4. The summed E-state index contributed by atoms with van der Waals surface area (Å²) >= 11 is 1.76. The fourth-order valence-corrected chi connectivity index (χ4v) is 2.83. The Labute approximate surface area is 125 Å². The fraction of sp³-hybridized carbons (Fsp3) is 0.600. The Kier molecular flexibility index (Phi) is 4.30. The molecule has 0 saturated heterocycles. The van der Waals surface area contributed by atoms with Crippen molar-refractivity contribution in [1.29, 1.82) is 0 Å². The van der Waals surface area contributed by atoms with Gasteiger partial charge >= 0.3 is 0 Å². The van der Waals surface area contributed by atoms with E-state index in [1.54, 1.807) is 11.3 Å². The zero-order chi connectivity index (χ0) is 14.9. The number of thiazole rings is 1. The number of nitrogens with one attached hydrogen (secondary N) is 1. The molecular formula is C15H24N4S. The van der Waals surface area contributed by atoms with Gasteiger partial charge < -0.3 is 5.32 Å². The van der Waals surface area contributed by atoms with Crippen LogP contribution < -0.4 is 5.32 Å². The van der Waals surface area contributed by atoms with Gasteiger partial charge in [-0.1, -0.05) is 0 Å². The van der Waals surface area contributed by atoms with E-state index in [9.17, 15) is 0 Å². The van der Waals surface area contributed by atoms with Crippen LogP contribution in [-0.4, -0.2) is 20.3 Å². The van der Waals surface area contributed by atoms with Gasteiger partial charge in [-0.2, -0.15) is 5.10 Å². The van der Waals surface area contributed by atoms with E-state index in [0.717, 1.165) is 23.8 Å². The summed E-state index contributed by atoms with van der Waals surface area (Å²) in [6, 6.07) is 0. The smallest absolute Gasteiger partial charge is 0.115 e. The predicted octanol–water partition coefficient (Wildman–Crippen LogP) is 3.20. The maximum Gasteiger partial charge on any atom is 0.115 e. The first-order valence-electron chi connectivity index (χ1n) is 6.95. The highest BCUT2D eigenvalue weighted by Gasteiger charge is 2.13. The lowest BCUT2D eigenvalue weighted by Crippen LogP contribution is -2.35. The van der Waals surface area contributed by atoms with E-state index in [1.807, 2.05) is 10.9 Å². The molecule has 20 heavy (non-hydrogen) atoms. The van der Waals surface area contributed by atoms with E-state index in [-0.39, 0.29) is 5.54 Å². The summed E-state index contributed by atoms with van der Waals surface area (Å²) in [5.41, 5.74) is 3.72. The molecule has 0 aliphatic carbocycles. The highest BCUT2D eigenvalue weighted by Crippen LogP contribution is 2.18. The van der Waals surface area contributed by atoms with E-state index in [1.165, 1.54) is 16.1 Å². The Balaban J connectivity index is 2.08. The Bertz CT molecular complexity index is 570. The minimum atomic E-state index is 0.123. The van der Waals surface area contributed by atoms with Crippen molar-refractivity contribution in [3.8, 4) is 0 Å². The van der Waals surface area contributed by atoms with Crippen LogP contribution >= 0.6 is 11.3 Å². The molecule has 5 heteroatoms. The van der Waals surface area contributed by atoms with E-state index >= 15 is 0 Å². The molecule has 0 aromatic carbocycles. The molecule has 0 bridgehead atoms. The second-order valence-electron chi connectivity index (χ2n) is 6.27. The topological polar surface area (TPSA) is 42.7 Å². The van der Waals surface area contributed by atoms with Gasteiger partial charge in [-0.25, -0.2) is 4.98 Å². The van der Waals surface area contributed by atoms with E-state index in [2.05, 4.69) is 56.9 Å². The van der Waals surface area contributed by atoms with Gasteiger partial charge in [0.15, 0.2) is 0 Å². The molecule has 2 aromatic rings. The SMILES string of the molecule is Cc1nc(Cn2ncc(CNC(C)(C)C)c2C)sc1C. The third kappa shape index (κ3) is 3.67. The normalized spacial score (nSPS) is 12.1. The van der Waals surface area contributed by atoms with Gasteiger partial charge in [-0.15, -0.1) is 11.3 Å². The van der Waals surface area contributed by atoms with Crippen molar-refractivity contribution >= 4 is 11.3 Å². The largest absolute Gasteiger partial charge is 0.308 e. The van der Waals surface area contributed by atoms with Crippen molar-refractivity contribution < 1.29 is 0 Å². The maximum atomic E-state index is 4.58. The molecule has 0 amide bonds. The first-order valence-corrected chi connectivity index (χ1v) is 7.77. The van der Waals surface area contributed by atoms with E-state index < -0.39 is 0 Å². The lowest BCUT2D eigenvalue weighted by molar-refractivity contribution is 0.423. The van der Waals surface area contributed by atoms with E-state index in [4.69, 9.17) is 0 Å². The maximum absolute atomic E-state index is 4.58. The van der Waals surface area contributed by atoms with Crippen LogP contribution in [0.5, 0.6) is 0 Å². The standard InChI is InChI=1S/C15H24N4S/c1-10-12(3)20-14(18-10)9-19-11(2)13(8-17-19)7-16-15(4,5)6/h8,16H,7,9H2,1-6H3. The van der Waals surface area contributed by atoms with Crippen molar-refractivity contribution in [2.75, 3.05) is 0 Å². The molecule has 0 aliphatic heterocycles. The van der Waals surface area contributed by atoms with E-state index in [0.29, 0.717) is 0 Å². The summed E-state index contributed by atoms with van der Waals surface area (Å²) in [5.74, 6) is 0. The van der Waals surface area contributed by atoms with Gasteiger partial charge in [-0.05, 0) is 41.5 Å². The highest BCUT2D eigenvalue weighted by molar-refractivity contribution is 7.11. The van der Waals surface area contributed by atoms with Gasteiger partial charge in [0.05, 0.1) is 18.4 Å². The van der Waals surface area contributed by atoms with Gasteiger partial charge in [0.2, 0.25) is 0 Å². The van der Waals surface area contributed by atoms with Crippen LogP contribution in [0.2, 0.25) is 0 Å². The third-order valence-electron chi connectivity index (χ3n) is 3.37. The number of nitrogens with zero attached hydrogens (tertiary/aromatic N) is 3. The molecule has 0 radical (unpaired) electrons. The Morgan fingerprint density at radius 3 is 2.50 bits per heavy atom. The summed E-state index contributed by atoms with van der Waals surface area (Å²) < 4.78 is 2.04. The molecule has 1 N–H and O–H groups in total. The Morgan fingerprint density at radius 1 is 1.25 bits per heavy atom. The van der Waals surface area contributed by atoms with Gasteiger partial charge in [0, 0.05) is 28.2 Å².